The highest BCUT2D eigenvalue weighted by Crippen LogP contribution is 2.33. The van der Waals surface area contributed by atoms with E-state index in [4.69, 9.17) is 4.52 Å². The molecule has 0 fully saturated rings. The topological polar surface area (TPSA) is 105 Å². The summed E-state index contributed by atoms with van der Waals surface area (Å²) in [6, 6.07) is 4.82. The molecule has 1 aromatic heterocycles. The molecule has 0 radical (unpaired) electrons. The third-order valence-electron chi connectivity index (χ3n) is 4.15. The number of hydrogen-bond acceptors (Lipinski definition) is 6. The number of nitrogens with zero attached hydrogens (tertiary/aromatic N) is 3. The summed E-state index contributed by atoms with van der Waals surface area (Å²) in [7, 11) is -3.71. The third kappa shape index (κ3) is 3.42. The van der Waals surface area contributed by atoms with Gasteiger partial charge in [-0.15, -0.1) is 0 Å². The number of carbonyl (C=O) groups is 1. The Morgan fingerprint density at radius 2 is 2.20 bits per heavy atom. The first-order valence-electron chi connectivity index (χ1n) is 8.05. The van der Waals surface area contributed by atoms with Crippen LogP contribution in [0.2, 0.25) is 0 Å². The van der Waals surface area contributed by atoms with Crippen LogP contribution >= 0.6 is 0 Å². The van der Waals surface area contributed by atoms with E-state index in [0.717, 1.165) is 11.3 Å². The number of aryl methyl sites for hydroxylation is 1. The minimum absolute atomic E-state index is 0.0187. The zero-order valence-corrected chi connectivity index (χ0v) is 15.1. The fraction of sp³-hybridized carbons (Fsp3) is 0.438. The Morgan fingerprint density at radius 1 is 1.44 bits per heavy atom. The molecule has 9 heteroatoms. The van der Waals surface area contributed by atoms with Crippen LogP contribution in [0.4, 0.5) is 5.69 Å². The van der Waals surface area contributed by atoms with Gasteiger partial charge in [0, 0.05) is 25.1 Å². The minimum atomic E-state index is -3.71. The molecule has 1 atom stereocenters. The van der Waals surface area contributed by atoms with Crippen LogP contribution in [0.3, 0.4) is 0 Å². The molecule has 0 spiro atoms. The number of rotatable bonds is 5. The van der Waals surface area contributed by atoms with E-state index in [1.165, 1.54) is 13.0 Å². The van der Waals surface area contributed by atoms with E-state index in [1.807, 2.05) is 13.8 Å². The number of fused-ring (bicyclic) bond motifs is 1. The van der Waals surface area contributed by atoms with Gasteiger partial charge in [0.15, 0.2) is 5.82 Å². The fourth-order valence-electron chi connectivity index (χ4n) is 3.00. The van der Waals surface area contributed by atoms with Gasteiger partial charge in [0.25, 0.3) is 0 Å². The van der Waals surface area contributed by atoms with E-state index >= 15 is 0 Å². The molecular weight excluding hydrogens is 344 g/mol. The molecule has 2 aromatic rings. The molecule has 1 aliphatic rings. The van der Waals surface area contributed by atoms with Crippen LogP contribution in [0.15, 0.2) is 27.6 Å². The Labute approximate surface area is 146 Å². The van der Waals surface area contributed by atoms with Gasteiger partial charge in [-0.1, -0.05) is 12.1 Å². The van der Waals surface area contributed by atoms with E-state index < -0.39 is 10.0 Å². The van der Waals surface area contributed by atoms with Gasteiger partial charge < -0.3 is 9.42 Å². The average molecular weight is 364 g/mol. The summed E-state index contributed by atoms with van der Waals surface area (Å²) < 4.78 is 32.4. The minimum Gasteiger partial charge on any atom is -0.339 e. The van der Waals surface area contributed by atoms with Gasteiger partial charge in [-0.2, -0.15) is 4.98 Å². The highest BCUT2D eigenvalue weighted by molar-refractivity contribution is 7.89. The summed E-state index contributed by atoms with van der Waals surface area (Å²) in [5.41, 5.74) is 1.61. The summed E-state index contributed by atoms with van der Waals surface area (Å²) in [4.78, 5) is 17.7. The largest absolute Gasteiger partial charge is 0.339 e. The van der Waals surface area contributed by atoms with Gasteiger partial charge in [-0.25, -0.2) is 13.1 Å². The lowest BCUT2D eigenvalue weighted by molar-refractivity contribution is -0.116. The first kappa shape index (κ1) is 17.6. The quantitative estimate of drug-likeness (QED) is 0.860. The van der Waals surface area contributed by atoms with Crippen molar-refractivity contribution in [1.29, 1.82) is 0 Å². The molecule has 1 aliphatic heterocycles. The zero-order valence-electron chi connectivity index (χ0n) is 14.3. The second-order valence-corrected chi connectivity index (χ2v) is 7.78. The van der Waals surface area contributed by atoms with E-state index in [9.17, 15) is 13.2 Å². The fourth-order valence-corrected chi connectivity index (χ4v) is 4.03. The predicted octanol–water partition coefficient (Wildman–Crippen LogP) is 1.41. The summed E-state index contributed by atoms with van der Waals surface area (Å²) in [5, 5.41) is 3.72. The van der Waals surface area contributed by atoms with Crippen molar-refractivity contribution in [2.24, 2.45) is 0 Å². The first-order valence-corrected chi connectivity index (χ1v) is 9.54. The van der Waals surface area contributed by atoms with Crippen molar-refractivity contribution < 1.29 is 17.7 Å². The van der Waals surface area contributed by atoms with Crippen LogP contribution in [0, 0.1) is 0 Å². The highest BCUT2D eigenvalue weighted by Gasteiger charge is 2.30. The first-order chi connectivity index (χ1) is 11.8. The summed E-state index contributed by atoms with van der Waals surface area (Å²) in [6.07, 6.45) is 1.22. The van der Waals surface area contributed by atoms with Crippen LogP contribution in [0.5, 0.6) is 0 Å². The molecule has 8 nitrogen and oxygen atoms in total. The Kier molecular flexibility index (Phi) is 4.61. The predicted molar refractivity (Wildman–Crippen MR) is 90.5 cm³/mol. The molecule has 0 saturated carbocycles. The SMILES string of the molecule is CCc1nc(CNS(=O)(=O)c2ccc3c(c2)C[C@@H](C)N3C(C)=O)no1. The van der Waals surface area contributed by atoms with Crippen LogP contribution in [-0.4, -0.2) is 30.5 Å². The van der Waals surface area contributed by atoms with E-state index in [0.29, 0.717) is 18.7 Å². The number of sulfonamides is 1. The van der Waals surface area contributed by atoms with Gasteiger partial charge in [0.1, 0.15) is 0 Å². The number of hydrogen-bond donors (Lipinski definition) is 1. The number of carbonyl (C=O) groups excluding carboxylic acids is 1. The standard InChI is InChI=1S/C16H20N4O4S/c1-4-16-18-15(19-24-16)9-17-25(22,23)13-5-6-14-12(8-13)7-10(2)20(14)11(3)21/h5-6,8,10,17H,4,7,9H2,1-3H3/t10-/m1/s1. The van der Waals surface area contributed by atoms with Gasteiger partial charge in [0.05, 0.1) is 11.4 Å². The van der Waals surface area contributed by atoms with Gasteiger partial charge >= 0.3 is 0 Å². The van der Waals surface area contributed by atoms with E-state index in [1.54, 1.807) is 17.0 Å². The molecule has 0 aliphatic carbocycles. The van der Waals surface area contributed by atoms with Crippen LogP contribution in [-0.2, 0) is 34.2 Å². The number of benzene rings is 1. The van der Waals surface area contributed by atoms with E-state index in [-0.39, 0.29) is 29.2 Å². The maximum atomic E-state index is 12.5. The van der Waals surface area contributed by atoms with Crippen molar-refractivity contribution >= 4 is 21.6 Å². The number of aromatic nitrogens is 2. The summed E-state index contributed by atoms with van der Waals surface area (Å²) in [6.45, 7) is 5.28. The molecule has 134 valence electrons. The molecule has 1 aromatic carbocycles. The Morgan fingerprint density at radius 3 is 2.84 bits per heavy atom. The Hall–Kier alpha value is -2.26. The molecule has 1 amide bonds. The monoisotopic (exact) mass is 364 g/mol. The number of nitrogens with one attached hydrogen (secondary N) is 1. The maximum absolute atomic E-state index is 12.5. The molecule has 0 bridgehead atoms. The van der Waals surface area contributed by atoms with Gasteiger partial charge in [0.2, 0.25) is 21.8 Å². The zero-order chi connectivity index (χ0) is 18.2. The molecule has 1 N–H and O–H groups in total. The highest BCUT2D eigenvalue weighted by atomic mass is 32.2. The lowest BCUT2D eigenvalue weighted by Crippen LogP contribution is -2.33. The van der Waals surface area contributed by atoms with Crippen LogP contribution in [0.1, 0.15) is 38.0 Å². The van der Waals surface area contributed by atoms with Crippen LogP contribution in [0.25, 0.3) is 0 Å². The van der Waals surface area contributed by atoms with Gasteiger partial charge in [-0.3, -0.25) is 4.79 Å². The lowest BCUT2D eigenvalue weighted by Gasteiger charge is -2.20. The molecule has 0 saturated heterocycles. The summed E-state index contributed by atoms with van der Waals surface area (Å²) in [5.74, 6) is 0.701. The van der Waals surface area contributed by atoms with Crippen molar-refractivity contribution in [3.05, 3.63) is 35.5 Å². The van der Waals surface area contributed by atoms with Crippen molar-refractivity contribution in [1.82, 2.24) is 14.9 Å². The second kappa shape index (κ2) is 6.57. The number of anilines is 1. The van der Waals surface area contributed by atoms with Crippen molar-refractivity contribution in [3.63, 3.8) is 0 Å². The van der Waals surface area contributed by atoms with Crippen molar-refractivity contribution in [3.8, 4) is 0 Å². The van der Waals surface area contributed by atoms with Crippen LogP contribution < -0.4 is 9.62 Å². The molecular formula is C16H20N4O4S. The van der Waals surface area contributed by atoms with Gasteiger partial charge in [-0.05, 0) is 37.1 Å². The Balaban J connectivity index is 1.79. The lowest BCUT2D eigenvalue weighted by atomic mass is 10.1. The average Bonchev–Trinajstić information content (AvgIpc) is 3.15. The maximum Gasteiger partial charge on any atom is 0.240 e. The second-order valence-electron chi connectivity index (χ2n) is 6.02. The van der Waals surface area contributed by atoms with E-state index in [2.05, 4.69) is 14.9 Å². The van der Waals surface area contributed by atoms with Crippen molar-refractivity contribution in [2.45, 2.75) is 51.1 Å². The molecule has 2 heterocycles. The molecule has 0 unspecified atom stereocenters. The Bertz CT molecular complexity index is 907. The number of amides is 1. The normalized spacial score (nSPS) is 16.9. The molecule has 3 rings (SSSR count). The smallest absolute Gasteiger partial charge is 0.240 e. The summed E-state index contributed by atoms with van der Waals surface area (Å²) >= 11 is 0. The molecule has 25 heavy (non-hydrogen) atoms. The van der Waals surface area contributed by atoms with Crippen molar-refractivity contribution in [2.75, 3.05) is 4.90 Å². The third-order valence-corrected chi connectivity index (χ3v) is 5.55.